The Morgan fingerprint density at radius 2 is 1.31 bits per heavy atom. The molecule has 0 amide bonds. The van der Waals surface area contributed by atoms with Crippen molar-refractivity contribution in [1.82, 2.24) is 4.90 Å². The first-order valence-electron chi connectivity index (χ1n) is 10.9. The van der Waals surface area contributed by atoms with Crippen LogP contribution in [0.3, 0.4) is 0 Å². The van der Waals surface area contributed by atoms with Gasteiger partial charge in [0, 0.05) is 11.5 Å². The highest BCUT2D eigenvalue weighted by Crippen LogP contribution is 2.42. The van der Waals surface area contributed by atoms with Crippen molar-refractivity contribution >= 4 is 28.2 Å². The molecule has 1 aromatic rings. The number of nitrogens with zero attached hydrogens (tertiary/aromatic N) is 1. The van der Waals surface area contributed by atoms with Crippen LogP contribution in [0, 0.1) is 0 Å². The van der Waals surface area contributed by atoms with Crippen molar-refractivity contribution in [2.45, 2.75) is 59.3 Å². The summed E-state index contributed by atoms with van der Waals surface area (Å²) in [4.78, 5) is 26.6. The van der Waals surface area contributed by atoms with Gasteiger partial charge in [0.1, 0.15) is 17.4 Å². The molecular formula is C24H32BrNO6. The second kappa shape index (κ2) is 12.5. The van der Waals surface area contributed by atoms with Gasteiger partial charge in [-0.1, -0.05) is 54.8 Å². The molecule has 0 aliphatic carbocycles. The molecule has 0 atom stereocenters. The molecule has 1 aromatic carbocycles. The Bertz CT molecular complexity index is 814. The third-order valence-electron chi connectivity index (χ3n) is 5.27. The lowest BCUT2D eigenvalue weighted by Gasteiger charge is -2.35. The maximum absolute atomic E-state index is 12.4. The van der Waals surface area contributed by atoms with Gasteiger partial charge in [-0.15, -0.1) is 0 Å². The molecule has 0 aromatic heterocycles. The zero-order chi connectivity index (χ0) is 23.7. The average molecular weight is 510 g/mol. The van der Waals surface area contributed by atoms with Crippen LogP contribution in [0.5, 0.6) is 0 Å². The van der Waals surface area contributed by atoms with E-state index < -0.39 is 18.2 Å². The lowest BCUT2D eigenvalue weighted by atomic mass is 9.90. The molecule has 0 unspecified atom stereocenters. The van der Waals surface area contributed by atoms with Crippen LogP contribution in [0.15, 0.2) is 51.7 Å². The van der Waals surface area contributed by atoms with Crippen LogP contribution in [0.25, 0.3) is 0 Å². The molecular weight excluding hydrogens is 478 g/mol. The standard InChI is InChI=1S/C24H32BrNO6/c1-6-8-14-29-23(27)31-21-16(3)26(5)17(4)22(32-24(28)30-15-9-7-2)20(21)18-10-12-19(25)13-11-18/h10-13,20H,6-9,14-15H2,1-5H3. The molecule has 1 aliphatic heterocycles. The van der Waals surface area contributed by atoms with Gasteiger partial charge in [-0.25, -0.2) is 9.59 Å². The fourth-order valence-electron chi connectivity index (χ4n) is 3.18. The molecule has 0 bridgehead atoms. The van der Waals surface area contributed by atoms with E-state index in [2.05, 4.69) is 15.9 Å². The third kappa shape index (κ3) is 6.76. The van der Waals surface area contributed by atoms with Crippen LogP contribution >= 0.6 is 15.9 Å². The van der Waals surface area contributed by atoms with Crippen LogP contribution in [0.1, 0.15) is 64.9 Å². The quantitative estimate of drug-likeness (QED) is 0.266. The van der Waals surface area contributed by atoms with Gasteiger partial charge in [-0.2, -0.15) is 0 Å². The number of unbranched alkanes of at least 4 members (excludes halogenated alkanes) is 2. The highest BCUT2D eigenvalue weighted by atomic mass is 79.9. The van der Waals surface area contributed by atoms with E-state index in [4.69, 9.17) is 18.9 Å². The summed E-state index contributed by atoms with van der Waals surface area (Å²) in [6, 6.07) is 7.54. The number of carbonyl (C=O) groups is 2. The molecule has 0 saturated carbocycles. The van der Waals surface area contributed by atoms with E-state index in [9.17, 15) is 9.59 Å². The fourth-order valence-corrected chi connectivity index (χ4v) is 3.45. The first kappa shape index (κ1) is 25.8. The minimum absolute atomic E-state index is 0.280. The predicted molar refractivity (Wildman–Crippen MR) is 125 cm³/mol. The van der Waals surface area contributed by atoms with Gasteiger partial charge < -0.3 is 23.8 Å². The Morgan fingerprint density at radius 3 is 1.72 bits per heavy atom. The van der Waals surface area contributed by atoms with E-state index >= 15 is 0 Å². The largest absolute Gasteiger partial charge is 0.513 e. The molecule has 176 valence electrons. The lowest BCUT2D eigenvalue weighted by molar-refractivity contribution is 0.0571. The van der Waals surface area contributed by atoms with Crippen molar-refractivity contribution in [3.63, 3.8) is 0 Å². The van der Waals surface area contributed by atoms with Crippen LogP contribution in [0.2, 0.25) is 0 Å². The van der Waals surface area contributed by atoms with Gasteiger partial charge in [0.15, 0.2) is 0 Å². The number of ether oxygens (including phenoxy) is 4. The SMILES string of the molecule is CCCCOC(=O)OC1=C(C)N(C)C(C)=C(OC(=O)OCCCC)C1c1ccc(Br)cc1. The van der Waals surface area contributed by atoms with Gasteiger partial charge in [0.05, 0.1) is 24.6 Å². The maximum Gasteiger partial charge on any atom is 0.513 e. The van der Waals surface area contributed by atoms with Gasteiger partial charge in [-0.05, 0) is 44.4 Å². The first-order valence-corrected chi connectivity index (χ1v) is 11.7. The Hall–Kier alpha value is -2.48. The molecule has 0 fully saturated rings. The first-order chi connectivity index (χ1) is 15.3. The smallest absolute Gasteiger partial charge is 0.434 e. The number of carbonyl (C=O) groups excluding carboxylic acids is 2. The highest BCUT2D eigenvalue weighted by molar-refractivity contribution is 9.10. The Kier molecular flexibility index (Phi) is 10.1. The van der Waals surface area contributed by atoms with Gasteiger partial charge in [0.25, 0.3) is 0 Å². The van der Waals surface area contributed by atoms with Crippen molar-refractivity contribution < 1.29 is 28.5 Å². The third-order valence-corrected chi connectivity index (χ3v) is 5.80. The molecule has 2 rings (SSSR count). The Balaban J connectivity index is 2.40. The average Bonchev–Trinajstić information content (AvgIpc) is 2.77. The number of benzene rings is 1. The highest BCUT2D eigenvalue weighted by Gasteiger charge is 2.37. The monoisotopic (exact) mass is 509 g/mol. The number of rotatable bonds is 9. The number of hydrogen-bond donors (Lipinski definition) is 0. The fraction of sp³-hybridized carbons (Fsp3) is 0.500. The minimum Gasteiger partial charge on any atom is -0.434 e. The minimum atomic E-state index is -0.785. The summed E-state index contributed by atoms with van der Waals surface area (Å²) in [6.07, 6.45) is 1.74. The van der Waals surface area contributed by atoms with E-state index in [-0.39, 0.29) is 13.2 Å². The van der Waals surface area contributed by atoms with Gasteiger partial charge in [-0.3, -0.25) is 0 Å². The molecule has 0 N–H and O–H groups in total. The summed E-state index contributed by atoms with van der Waals surface area (Å²) < 4.78 is 22.7. The molecule has 8 heteroatoms. The summed E-state index contributed by atoms with van der Waals surface area (Å²) in [5.41, 5.74) is 2.23. The number of halogens is 1. The topological polar surface area (TPSA) is 74.3 Å². The van der Waals surface area contributed by atoms with E-state index in [1.54, 1.807) is 0 Å². The number of allylic oxidation sites excluding steroid dienone is 2. The maximum atomic E-state index is 12.4. The lowest BCUT2D eigenvalue weighted by Crippen LogP contribution is -2.30. The summed E-state index contributed by atoms with van der Waals surface area (Å²) in [6.45, 7) is 8.28. The van der Waals surface area contributed by atoms with Gasteiger partial charge in [0.2, 0.25) is 0 Å². The Morgan fingerprint density at radius 1 is 0.875 bits per heavy atom. The van der Waals surface area contributed by atoms with Crippen molar-refractivity contribution in [3.8, 4) is 0 Å². The zero-order valence-electron chi connectivity index (χ0n) is 19.4. The molecule has 32 heavy (non-hydrogen) atoms. The van der Waals surface area contributed by atoms with Crippen molar-refractivity contribution in [2.24, 2.45) is 0 Å². The van der Waals surface area contributed by atoms with E-state index in [1.807, 2.05) is 63.9 Å². The van der Waals surface area contributed by atoms with Crippen LogP contribution in [-0.4, -0.2) is 37.5 Å². The second-order valence-corrected chi connectivity index (χ2v) is 8.47. The summed E-state index contributed by atoms with van der Waals surface area (Å²) in [7, 11) is 1.82. The Labute approximate surface area is 198 Å². The molecule has 1 aliphatic rings. The summed E-state index contributed by atoms with van der Waals surface area (Å²) >= 11 is 3.44. The second-order valence-electron chi connectivity index (χ2n) is 7.55. The van der Waals surface area contributed by atoms with Crippen molar-refractivity contribution in [3.05, 3.63) is 57.2 Å². The molecule has 0 radical (unpaired) electrons. The van der Waals surface area contributed by atoms with Crippen molar-refractivity contribution in [2.75, 3.05) is 20.3 Å². The van der Waals surface area contributed by atoms with Gasteiger partial charge >= 0.3 is 12.3 Å². The summed E-state index contributed by atoms with van der Waals surface area (Å²) in [5, 5.41) is 0. The molecule has 1 heterocycles. The zero-order valence-corrected chi connectivity index (χ0v) is 21.0. The molecule has 0 spiro atoms. The summed E-state index contributed by atoms with van der Waals surface area (Å²) in [5.74, 6) is 0.0771. The van der Waals surface area contributed by atoms with E-state index in [0.29, 0.717) is 11.5 Å². The predicted octanol–water partition coefficient (Wildman–Crippen LogP) is 6.85. The van der Waals surface area contributed by atoms with E-state index in [1.165, 1.54) is 0 Å². The van der Waals surface area contributed by atoms with Crippen LogP contribution in [0.4, 0.5) is 9.59 Å². The molecule has 0 saturated heterocycles. The molecule has 7 nitrogen and oxygen atoms in total. The van der Waals surface area contributed by atoms with Crippen molar-refractivity contribution in [1.29, 1.82) is 0 Å². The van der Waals surface area contributed by atoms with Crippen LogP contribution < -0.4 is 0 Å². The van der Waals surface area contributed by atoms with Crippen LogP contribution in [-0.2, 0) is 18.9 Å². The normalized spacial score (nSPS) is 14.5. The van der Waals surface area contributed by atoms with E-state index in [0.717, 1.165) is 47.1 Å². The number of hydrogen-bond acceptors (Lipinski definition) is 7.